The fourth-order valence-electron chi connectivity index (χ4n) is 1.02. The molecule has 0 aliphatic heterocycles. The highest BCUT2D eigenvalue weighted by Crippen LogP contribution is 2.11. The molecule has 0 bridgehead atoms. The predicted molar refractivity (Wildman–Crippen MR) is 52.2 cm³/mol. The number of benzene rings is 1. The third-order valence-corrected chi connectivity index (χ3v) is 1.96. The molecular formula is C10H14N2O. The van der Waals surface area contributed by atoms with E-state index in [1.165, 1.54) is 0 Å². The zero-order chi connectivity index (χ0) is 9.90. The molecule has 13 heavy (non-hydrogen) atoms. The van der Waals surface area contributed by atoms with Gasteiger partial charge in [0, 0.05) is 5.56 Å². The van der Waals surface area contributed by atoms with Crippen LogP contribution in [0.1, 0.15) is 24.2 Å². The van der Waals surface area contributed by atoms with Crippen LogP contribution >= 0.6 is 0 Å². The second-order valence-corrected chi connectivity index (χ2v) is 3.46. The van der Waals surface area contributed by atoms with Gasteiger partial charge in [-0.2, -0.15) is 0 Å². The maximum atomic E-state index is 11.8. The first kappa shape index (κ1) is 9.89. The van der Waals surface area contributed by atoms with Crippen molar-refractivity contribution in [1.29, 1.82) is 0 Å². The van der Waals surface area contributed by atoms with Crippen molar-refractivity contribution in [2.24, 2.45) is 5.84 Å². The van der Waals surface area contributed by atoms with E-state index in [0.717, 1.165) is 0 Å². The molecule has 3 nitrogen and oxygen atoms in total. The minimum absolute atomic E-state index is 0.00407. The fourth-order valence-corrected chi connectivity index (χ4v) is 1.02. The van der Waals surface area contributed by atoms with Gasteiger partial charge in [-0.25, -0.2) is 5.43 Å². The Hall–Kier alpha value is -1.19. The van der Waals surface area contributed by atoms with Gasteiger partial charge in [-0.3, -0.25) is 10.6 Å². The Kier molecular flexibility index (Phi) is 2.80. The topological polar surface area (TPSA) is 55.1 Å². The lowest BCUT2D eigenvalue weighted by Crippen LogP contribution is -2.50. The lowest BCUT2D eigenvalue weighted by atomic mass is 9.94. The summed E-state index contributed by atoms with van der Waals surface area (Å²) in [5, 5.41) is 0. The van der Waals surface area contributed by atoms with Crippen molar-refractivity contribution in [3.8, 4) is 0 Å². The summed E-state index contributed by atoms with van der Waals surface area (Å²) in [5.41, 5.74) is 2.45. The lowest BCUT2D eigenvalue weighted by Gasteiger charge is -2.21. The molecule has 3 heteroatoms. The van der Waals surface area contributed by atoms with Gasteiger partial charge in [-0.15, -0.1) is 0 Å². The minimum Gasteiger partial charge on any atom is -0.292 e. The second-order valence-electron chi connectivity index (χ2n) is 3.46. The van der Waals surface area contributed by atoms with Crippen LogP contribution in [-0.2, 0) is 0 Å². The van der Waals surface area contributed by atoms with E-state index in [-0.39, 0.29) is 5.78 Å². The van der Waals surface area contributed by atoms with Crippen LogP contribution in [-0.4, -0.2) is 11.3 Å². The standard InChI is InChI=1S/C10H14N2O/c1-10(2,12-11)9(13)8-6-4-3-5-7-8/h3-7,12H,11H2,1-2H3. The summed E-state index contributed by atoms with van der Waals surface area (Å²) >= 11 is 0. The number of hydrazine groups is 1. The average Bonchev–Trinajstić information content (AvgIpc) is 2.18. The number of rotatable bonds is 3. The molecule has 0 heterocycles. The van der Waals surface area contributed by atoms with Crippen molar-refractivity contribution in [3.05, 3.63) is 35.9 Å². The van der Waals surface area contributed by atoms with Gasteiger partial charge >= 0.3 is 0 Å². The summed E-state index contributed by atoms with van der Waals surface area (Å²) in [5.74, 6) is 5.27. The van der Waals surface area contributed by atoms with Gasteiger partial charge in [0.2, 0.25) is 0 Å². The van der Waals surface area contributed by atoms with E-state index in [1.54, 1.807) is 26.0 Å². The molecule has 0 aliphatic rings. The molecule has 0 saturated carbocycles. The van der Waals surface area contributed by atoms with E-state index in [1.807, 2.05) is 18.2 Å². The number of carbonyl (C=O) groups is 1. The van der Waals surface area contributed by atoms with Crippen LogP contribution in [0.25, 0.3) is 0 Å². The maximum absolute atomic E-state index is 11.8. The van der Waals surface area contributed by atoms with Crippen molar-refractivity contribution >= 4 is 5.78 Å². The molecule has 0 radical (unpaired) electrons. The Balaban J connectivity index is 2.93. The largest absolute Gasteiger partial charge is 0.292 e. The number of ketones is 1. The lowest BCUT2D eigenvalue weighted by molar-refractivity contribution is 0.0883. The molecule has 0 saturated heterocycles. The summed E-state index contributed by atoms with van der Waals surface area (Å²) in [7, 11) is 0. The molecule has 0 spiro atoms. The monoisotopic (exact) mass is 178 g/mol. The maximum Gasteiger partial charge on any atom is 0.183 e. The smallest absolute Gasteiger partial charge is 0.183 e. The van der Waals surface area contributed by atoms with E-state index >= 15 is 0 Å². The van der Waals surface area contributed by atoms with E-state index in [2.05, 4.69) is 5.43 Å². The molecule has 0 aromatic heterocycles. The Labute approximate surface area is 77.9 Å². The van der Waals surface area contributed by atoms with E-state index in [0.29, 0.717) is 5.56 Å². The number of nitrogens with one attached hydrogen (secondary N) is 1. The van der Waals surface area contributed by atoms with Crippen molar-refractivity contribution in [2.45, 2.75) is 19.4 Å². The molecule has 0 amide bonds. The van der Waals surface area contributed by atoms with Crippen LogP contribution in [0.2, 0.25) is 0 Å². The Morgan fingerprint density at radius 3 is 2.31 bits per heavy atom. The first-order valence-corrected chi connectivity index (χ1v) is 4.15. The number of hydrogen-bond donors (Lipinski definition) is 2. The zero-order valence-corrected chi connectivity index (χ0v) is 7.87. The second kappa shape index (κ2) is 3.68. The van der Waals surface area contributed by atoms with Gasteiger partial charge in [-0.05, 0) is 13.8 Å². The number of carbonyl (C=O) groups excluding carboxylic acids is 1. The molecule has 70 valence electrons. The van der Waals surface area contributed by atoms with Gasteiger partial charge < -0.3 is 0 Å². The van der Waals surface area contributed by atoms with Gasteiger partial charge in [-0.1, -0.05) is 30.3 Å². The number of nitrogens with two attached hydrogens (primary N) is 1. The van der Waals surface area contributed by atoms with Crippen molar-refractivity contribution in [1.82, 2.24) is 5.43 Å². The third-order valence-electron chi connectivity index (χ3n) is 1.96. The normalized spacial score (nSPS) is 11.3. The Morgan fingerprint density at radius 2 is 1.85 bits per heavy atom. The van der Waals surface area contributed by atoms with Gasteiger partial charge in [0.05, 0.1) is 5.54 Å². The summed E-state index contributed by atoms with van der Waals surface area (Å²) in [6.45, 7) is 3.50. The molecular weight excluding hydrogens is 164 g/mol. The summed E-state index contributed by atoms with van der Waals surface area (Å²) in [6, 6.07) is 9.10. The Morgan fingerprint density at radius 1 is 1.31 bits per heavy atom. The fraction of sp³-hybridized carbons (Fsp3) is 0.300. The SMILES string of the molecule is CC(C)(NN)C(=O)c1ccccc1. The van der Waals surface area contributed by atoms with Crippen molar-refractivity contribution < 1.29 is 4.79 Å². The molecule has 3 N–H and O–H groups in total. The van der Waals surface area contributed by atoms with Crippen LogP contribution in [0.3, 0.4) is 0 Å². The van der Waals surface area contributed by atoms with Crippen LogP contribution in [0.15, 0.2) is 30.3 Å². The minimum atomic E-state index is -0.707. The van der Waals surface area contributed by atoms with E-state index < -0.39 is 5.54 Å². The quantitative estimate of drug-likeness (QED) is 0.414. The summed E-state index contributed by atoms with van der Waals surface area (Å²) in [4.78, 5) is 11.8. The van der Waals surface area contributed by atoms with Crippen LogP contribution in [0, 0.1) is 0 Å². The van der Waals surface area contributed by atoms with Gasteiger partial charge in [0.25, 0.3) is 0 Å². The number of hydrogen-bond acceptors (Lipinski definition) is 3. The Bertz CT molecular complexity index is 293. The third kappa shape index (κ3) is 2.14. The molecule has 1 aromatic rings. The van der Waals surface area contributed by atoms with E-state index in [9.17, 15) is 4.79 Å². The highest BCUT2D eigenvalue weighted by Gasteiger charge is 2.26. The average molecular weight is 178 g/mol. The molecule has 0 aliphatic carbocycles. The van der Waals surface area contributed by atoms with Crippen molar-refractivity contribution in [2.75, 3.05) is 0 Å². The van der Waals surface area contributed by atoms with E-state index in [4.69, 9.17) is 5.84 Å². The predicted octanol–water partition coefficient (Wildman–Crippen LogP) is 1.11. The first-order valence-electron chi connectivity index (χ1n) is 4.15. The highest BCUT2D eigenvalue weighted by molar-refractivity contribution is 6.02. The first-order chi connectivity index (χ1) is 6.08. The molecule has 0 atom stereocenters. The molecule has 0 fully saturated rings. The van der Waals surface area contributed by atoms with Crippen LogP contribution in [0.5, 0.6) is 0 Å². The van der Waals surface area contributed by atoms with Gasteiger partial charge in [0.15, 0.2) is 5.78 Å². The van der Waals surface area contributed by atoms with Crippen LogP contribution in [0.4, 0.5) is 0 Å². The van der Waals surface area contributed by atoms with Gasteiger partial charge in [0.1, 0.15) is 0 Å². The molecule has 1 rings (SSSR count). The highest BCUT2D eigenvalue weighted by atomic mass is 16.1. The summed E-state index contributed by atoms with van der Waals surface area (Å²) < 4.78 is 0. The molecule has 0 unspecified atom stereocenters. The number of Topliss-reactive ketones (excluding diaryl/α,β-unsaturated/α-hetero) is 1. The van der Waals surface area contributed by atoms with Crippen molar-refractivity contribution in [3.63, 3.8) is 0 Å². The summed E-state index contributed by atoms with van der Waals surface area (Å²) in [6.07, 6.45) is 0. The molecule has 1 aromatic carbocycles. The zero-order valence-electron chi connectivity index (χ0n) is 7.87. The van der Waals surface area contributed by atoms with Crippen LogP contribution < -0.4 is 11.3 Å².